The van der Waals surface area contributed by atoms with Gasteiger partial charge in [0.2, 0.25) is 5.78 Å². The first kappa shape index (κ1) is 17.5. The molecule has 1 aliphatic carbocycles. The molecule has 1 saturated carbocycles. The number of ether oxygens (including phenoxy) is 1. The standard InChI is InChI=1S/C23H23NO3/c1-3-15-10-7-11-17-19(13-24-20(15)17)21(25)22(16-8-5-4-6-9-16)27-23(26)18-12-14(18)2/h4-11,13-14,18,22,24H,3,12H2,1-2H3/t14-,18+,22-/m0/s1. The second-order valence-electron chi connectivity index (χ2n) is 7.31. The van der Waals surface area contributed by atoms with Crippen molar-refractivity contribution in [3.05, 3.63) is 71.4 Å². The lowest BCUT2D eigenvalue weighted by Gasteiger charge is -2.17. The van der Waals surface area contributed by atoms with Gasteiger partial charge < -0.3 is 9.72 Å². The molecule has 3 aromatic rings. The summed E-state index contributed by atoms with van der Waals surface area (Å²) >= 11 is 0. The number of hydrogen-bond donors (Lipinski definition) is 1. The third-order valence-corrected chi connectivity index (χ3v) is 5.43. The molecule has 2 aromatic carbocycles. The molecule has 1 fully saturated rings. The highest BCUT2D eigenvalue weighted by Crippen LogP contribution is 2.40. The minimum absolute atomic E-state index is 0.0846. The highest BCUT2D eigenvalue weighted by molar-refractivity contribution is 6.11. The highest BCUT2D eigenvalue weighted by Gasteiger charge is 2.42. The molecule has 0 unspecified atom stereocenters. The van der Waals surface area contributed by atoms with Crippen molar-refractivity contribution in [1.82, 2.24) is 4.98 Å². The Morgan fingerprint density at radius 1 is 1.15 bits per heavy atom. The zero-order valence-corrected chi connectivity index (χ0v) is 15.6. The molecule has 1 N–H and O–H groups in total. The van der Waals surface area contributed by atoms with Crippen LogP contribution in [0.2, 0.25) is 0 Å². The number of carbonyl (C=O) groups is 2. The number of aromatic nitrogens is 1. The Labute approximate surface area is 158 Å². The molecule has 0 amide bonds. The third kappa shape index (κ3) is 3.27. The smallest absolute Gasteiger partial charge is 0.310 e. The van der Waals surface area contributed by atoms with Crippen molar-refractivity contribution in [2.75, 3.05) is 0 Å². The fraction of sp³-hybridized carbons (Fsp3) is 0.304. The maximum atomic E-state index is 13.4. The summed E-state index contributed by atoms with van der Waals surface area (Å²) in [5, 5.41) is 0.871. The maximum Gasteiger partial charge on any atom is 0.310 e. The number of ketones is 1. The molecule has 1 heterocycles. The summed E-state index contributed by atoms with van der Waals surface area (Å²) in [5.41, 5.74) is 3.39. The minimum atomic E-state index is -0.921. The molecule has 1 aromatic heterocycles. The summed E-state index contributed by atoms with van der Waals surface area (Å²) < 4.78 is 5.72. The van der Waals surface area contributed by atoms with Gasteiger partial charge in [0, 0.05) is 28.2 Å². The number of aromatic amines is 1. The summed E-state index contributed by atoms with van der Waals surface area (Å²) in [6.45, 7) is 4.11. The number of fused-ring (bicyclic) bond motifs is 1. The molecule has 0 spiro atoms. The quantitative estimate of drug-likeness (QED) is 0.504. The van der Waals surface area contributed by atoms with Gasteiger partial charge >= 0.3 is 5.97 Å². The van der Waals surface area contributed by atoms with E-state index in [0.717, 1.165) is 29.3 Å². The van der Waals surface area contributed by atoms with Gasteiger partial charge in [0.25, 0.3) is 0 Å². The van der Waals surface area contributed by atoms with E-state index in [-0.39, 0.29) is 17.7 Å². The van der Waals surface area contributed by atoms with Crippen molar-refractivity contribution in [3.8, 4) is 0 Å². The molecule has 0 radical (unpaired) electrons. The Bertz CT molecular complexity index is 989. The number of rotatable bonds is 6. The van der Waals surface area contributed by atoms with Gasteiger partial charge in [0.05, 0.1) is 5.92 Å². The van der Waals surface area contributed by atoms with Gasteiger partial charge in [-0.3, -0.25) is 9.59 Å². The number of H-pyrrole nitrogens is 1. The number of hydrogen-bond acceptors (Lipinski definition) is 3. The van der Waals surface area contributed by atoms with E-state index in [1.165, 1.54) is 0 Å². The fourth-order valence-electron chi connectivity index (χ4n) is 3.61. The van der Waals surface area contributed by atoms with Crippen LogP contribution in [-0.2, 0) is 16.0 Å². The van der Waals surface area contributed by atoms with Gasteiger partial charge in [-0.05, 0) is 24.3 Å². The number of aryl methyl sites for hydroxylation is 1. The number of carbonyl (C=O) groups excluding carboxylic acids is 2. The van der Waals surface area contributed by atoms with Crippen LogP contribution in [0.3, 0.4) is 0 Å². The van der Waals surface area contributed by atoms with Crippen molar-refractivity contribution < 1.29 is 14.3 Å². The number of para-hydroxylation sites is 1. The minimum Gasteiger partial charge on any atom is -0.449 e. The summed E-state index contributed by atoms with van der Waals surface area (Å²) in [5.74, 6) is -0.218. The average molecular weight is 361 g/mol. The van der Waals surface area contributed by atoms with Crippen LogP contribution in [-0.4, -0.2) is 16.7 Å². The fourth-order valence-corrected chi connectivity index (χ4v) is 3.61. The van der Waals surface area contributed by atoms with E-state index < -0.39 is 6.10 Å². The van der Waals surface area contributed by atoms with E-state index >= 15 is 0 Å². The molecule has 4 heteroatoms. The van der Waals surface area contributed by atoms with Crippen LogP contribution in [0.1, 0.15) is 47.9 Å². The van der Waals surface area contributed by atoms with E-state index in [4.69, 9.17) is 4.74 Å². The average Bonchev–Trinajstić information content (AvgIpc) is 3.27. The molecule has 1 aliphatic rings. The van der Waals surface area contributed by atoms with Crippen LogP contribution in [0.5, 0.6) is 0 Å². The predicted octanol–water partition coefficient (Wildman–Crippen LogP) is 4.85. The summed E-state index contributed by atoms with van der Waals surface area (Å²) in [4.78, 5) is 29.1. The van der Waals surface area contributed by atoms with Gasteiger partial charge in [-0.25, -0.2) is 0 Å². The Morgan fingerprint density at radius 2 is 1.89 bits per heavy atom. The molecule has 4 nitrogen and oxygen atoms in total. The first-order chi connectivity index (χ1) is 13.1. The van der Waals surface area contributed by atoms with Gasteiger partial charge in [-0.15, -0.1) is 0 Å². The first-order valence-electron chi connectivity index (χ1n) is 9.48. The first-order valence-corrected chi connectivity index (χ1v) is 9.48. The van der Waals surface area contributed by atoms with Crippen LogP contribution < -0.4 is 0 Å². The second-order valence-corrected chi connectivity index (χ2v) is 7.31. The van der Waals surface area contributed by atoms with Crippen LogP contribution in [0, 0.1) is 11.8 Å². The van der Waals surface area contributed by atoms with Gasteiger partial charge in [0.15, 0.2) is 6.10 Å². The van der Waals surface area contributed by atoms with Crippen LogP contribution >= 0.6 is 0 Å². The molecule has 3 atom stereocenters. The molecule has 0 saturated heterocycles. The lowest BCUT2D eigenvalue weighted by atomic mass is 9.98. The molecule has 4 rings (SSSR count). The van der Waals surface area contributed by atoms with E-state index in [0.29, 0.717) is 17.0 Å². The Hall–Kier alpha value is -2.88. The SMILES string of the molecule is CCc1cccc2c(C(=O)[C@@H](OC(=O)[C@@H]3C[C@@H]3C)c3ccccc3)c[nH]c12. The monoisotopic (exact) mass is 361 g/mol. The topological polar surface area (TPSA) is 59.2 Å². The molecule has 27 heavy (non-hydrogen) atoms. The summed E-state index contributed by atoms with van der Waals surface area (Å²) in [6, 6.07) is 15.2. The van der Waals surface area contributed by atoms with Crippen molar-refractivity contribution in [1.29, 1.82) is 0 Å². The number of benzene rings is 2. The van der Waals surface area contributed by atoms with E-state index in [2.05, 4.69) is 18.0 Å². The predicted molar refractivity (Wildman–Crippen MR) is 105 cm³/mol. The lowest BCUT2D eigenvalue weighted by molar-refractivity contribution is -0.149. The normalized spacial score (nSPS) is 19.6. The summed E-state index contributed by atoms with van der Waals surface area (Å²) in [6.07, 6.45) is 2.52. The number of nitrogens with one attached hydrogen (secondary N) is 1. The Kier molecular flexibility index (Phi) is 4.56. The number of esters is 1. The van der Waals surface area contributed by atoms with E-state index in [1.54, 1.807) is 6.20 Å². The lowest BCUT2D eigenvalue weighted by Crippen LogP contribution is -2.21. The molecular formula is C23H23NO3. The van der Waals surface area contributed by atoms with E-state index in [9.17, 15) is 9.59 Å². The van der Waals surface area contributed by atoms with Gasteiger partial charge in [-0.1, -0.05) is 62.4 Å². The van der Waals surface area contributed by atoms with Crippen molar-refractivity contribution in [2.45, 2.75) is 32.8 Å². The second kappa shape index (κ2) is 7.03. The molecular weight excluding hydrogens is 338 g/mol. The van der Waals surface area contributed by atoms with Gasteiger partial charge in [0.1, 0.15) is 0 Å². The van der Waals surface area contributed by atoms with Gasteiger partial charge in [-0.2, -0.15) is 0 Å². The molecule has 0 aliphatic heterocycles. The van der Waals surface area contributed by atoms with Crippen LogP contribution in [0.25, 0.3) is 10.9 Å². The third-order valence-electron chi connectivity index (χ3n) is 5.43. The highest BCUT2D eigenvalue weighted by atomic mass is 16.5. The zero-order valence-electron chi connectivity index (χ0n) is 15.6. The summed E-state index contributed by atoms with van der Waals surface area (Å²) in [7, 11) is 0. The van der Waals surface area contributed by atoms with Crippen molar-refractivity contribution in [3.63, 3.8) is 0 Å². The maximum absolute atomic E-state index is 13.4. The van der Waals surface area contributed by atoms with Crippen molar-refractivity contribution >= 4 is 22.7 Å². The zero-order chi connectivity index (χ0) is 19.0. The Morgan fingerprint density at radius 3 is 2.56 bits per heavy atom. The van der Waals surface area contributed by atoms with Crippen LogP contribution in [0.4, 0.5) is 0 Å². The Balaban J connectivity index is 1.71. The van der Waals surface area contributed by atoms with Crippen LogP contribution in [0.15, 0.2) is 54.7 Å². The van der Waals surface area contributed by atoms with Crippen molar-refractivity contribution in [2.24, 2.45) is 11.8 Å². The number of Topliss-reactive ketones (excluding diaryl/α,β-unsaturated/α-hetero) is 1. The largest absolute Gasteiger partial charge is 0.449 e. The molecule has 0 bridgehead atoms. The van der Waals surface area contributed by atoms with E-state index in [1.807, 2.05) is 49.4 Å². The molecule has 138 valence electrons.